The monoisotopic (exact) mass is 283 g/mol. The van der Waals surface area contributed by atoms with Crippen LogP contribution in [0, 0.1) is 12.3 Å². The molecule has 1 rings (SSSR count). The summed E-state index contributed by atoms with van der Waals surface area (Å²) >= 11 is 1.89. The highest BCUT2D eigenvalue weighted by molar-refractivity contribution is 7.12. The van der Waals surface area contributed by atoms with Crippen molar-refractivity contribution >= 4 is 11.3 Å². The van der Waals surface area contributed by atoms with Crippen LogP contribution >= 0.6 is 11.3 Å². The van der Waals surface area contributed by atoms with Crippen LogP contribution in [0.4, 0.5) is 0 Å². The predicted octanol–water partition coefficient (Wildman–Crippen LogP) is 4.51. The van der Waals surface area contributed by atoms with Crippen molar-refractivity contribution in [1.82, 2.24) is 5.32 Å². The maximum Gasteiger partial charge on any atom is 0.0727 e. The van der Waals surface area contributed by atoms with Gasteiger partial charge >= 0.3 is 0 Å². The van der Waals surface area contributed by atoms with Gasteiger partial charge < -0.3 is 10.1 Å². The van der Waals surface area contributed by atoms with Crippen molar-refractivity contribution in [3.05, 3.63) is 21.4 Å². The summed E-state index contributed by atoms with van der Waals surface area (Å²) in [5.41, 5.74) is 1.71. The molecular formula is C16H29NOS. The first kappa shape index (κ1) is 16.7. The van der Waals surface area contributed by atoms with Crippen LogP contribution in [0.25, 0.3) is 0 Å². The molecule has 1 aromatic heterocycles. The molecule has 19 heavy (non-hydrogen) atoms. The second kappa shape index (κ2) is 8.03. The predicted molar refractivity (Wildman–Crippen MR) is 84.8 cm³/mol. The van der Waals surface area contributed by atoms with Crippen LogP contribution in [-0.4, -0.2) is 13.2 Å². The zero-order chi connectivity index (χ0) is 14.3. The van der Waals surface area contributed by atoms with Crippen molar-refractivity contribution in [2.45, 2.75) is 60.6 Å². The lowest BCUT2D eigenvalue weighted by Crippen LogP contribution is -2.12. The third kappa shape index (κ3) is 7.09. The molecule has 0 radical (unpaired) electrons. The molecule has 0 saturated heterocycles. The minimum atomic E-state index is 0.360. The first-order valence-corrected chi connectivity index (χ1v) is 8.10. The minimum Gasteiger partial charge on any atom is -0.377 e. The highest BCUT2D eigenvalue weighted by Crippen LogP contribution is 2.23. The molecular weight excluding hydrogens is 254 g/mol. The van der Waals surface area contributed by atoms with Gasteiger partial charge in [0.25, 0.3) is 0 Å². The summed E-state index contributed by atoms with van der Waals surface area (Å²) in [7, 11) is 0. The van der Waals surface area contributed by atoms with E-state index < -0.39 is 0 Å². The van der Waals surface area contributed by atoms with Gasteiger partial charge in [0.15, 0.2) is 0 Å². The van der Waals surface area contributed by atoms with Crippen molar-refractivity contribution in [3.63, 3.8) is 0 Å². The van der Waals surface area contributed by atoms with E-state index in [4.69, 9.17) is 4.74 Å². The zero-order valence-corrected chi connectivity index (χ0v) is 14.0. The van der Waals surface area contributed by atoms with Gasteiger partial charge in [-0.3, -0.25) is 0 Å². The molecule has 0 fully saturated rings. The van der Waals surface area contributed by atoms with Crippen LogP contribution in [0.3, 0.4) is 0 Å². The fourth-order valence-electron chi connectivity index (χ4n) is 1.77. The molecule has 1 N–H and O–H groups in total. The van der Waals surface area contributed by atoms with E-state index in [1.165, 1.54) is 21.7 Å². The Morgan fingerprint density at radius 3 is 2.68 bits per heavy atom. The average Bonchev–Trinajstić information content (AvgIpc) is 2.65. The Balaban J connectivity index is 2.33. The molecule has 110 valence electrons. The van der Waals surface area contributed by atoms with E-state index in [2.05, 4.69) is 46.0 Å². The summed E-state index contributed by atoms with van der Waals surface area (Å²) in [4.78, 5) is 2.81. The second-order valence-corrected chi connectivity index (χ2v) is 7.68. The summed E-state index contributed by atoms with van der Waals surface area (Å²) in [5.74, 6) is 0. The van der Waals surface area contributed by atoms with E-state index in [9.17, 15) is 0 Å². The quantitative estimate of drug-likeness (QED) is 0.709. The molecule has 0 aliphatic carbocycles. The average molecular weight is 283 g/mol. The standard InChI is InChI=1S/C16H29NOS/c1-6-8-17-11-15-10-14(13(2)19-15)12-18-9-7-16(3,4)5/h10,17H,6-9,11-12H2,1-5H3. The topological polar surface area (TPSA) is 21.3 Å². The van der Waals surface area contributed by atoms with Gasteiger partial charge in [-0.15, -0.1) is 11.3 Å². The second-order valence-electron chi connectivity index (χ2n) is 6.33. The molecule has 1 heterocycles. The molecule has 0 aromatic carbocycles. The number of aryl methyl sites for hydroxylation is 1. The van der Waals surface area contributed by atoms with Crippen molar-refractivity contribution in [2.75, 3.05) is 13.2 Å². The summed E-state index contributed by atoms with van der Waals surface area (Å²) in [6.45, 7) is 14.8. The van der Waals surface area contributed by atoms with Crippen molar-refractivity contribution < 1.29 is 4.74 Å². The molecule has 0 saturated carbocycles. The number of rotatable bonds is 8. The smallest absolute Gasteiger partial charge is 0.0727 e. The fourth-order valence-corrected chi connectivity index (χ4v) is 2.78. The van der Waals surface area contributed by atoms with Crippen LogP contribution in [0.5, 0.6) is 0 Å². The Bertz CT molecular complexity index is 365. The number of thiophene rings is 1. The van der Waals surface area contributed by atoms with Crippen molar-refractivity contribution in [2.24, 2.45) is 5.41 Å². The van der Waals surface area contributed by atoms with E-state index in [1.54, 1.807) is 0 Å². The van der Waals surface area contributed by atoms with E-state index >= 15 is 0 Å². The molecule has 1 aromatic rings. The SMILES string of the molecule is CCCNCc1cc(COCCC(C)(C)C)c(C)s1. The Hall–Kier alpha value is -0.380. The van der Waals surface area contributed by atoms with E-state index in [-0.39, 0.29) is 0 Å². The third-order valence-electron chi connectivity index (χ3n) is 3.05. The van der Waals surface area contributed by atoms with Gasteiger partial charge in [0, 0.05) is 22.9 Å². The lowest BCUT2D eigenvalue weighted by molar-refractivity contribution is 0.0961. The third-order valence-corrected chi connectivity index (χ3v) is 4.14. The Labute approximate surface area is 122 Å². The number of nitrogens with one attached hydrogen (secondary N) is 1. The van der Waals surface area contributed by atoms with Gasteiger partial charge in [-0.05, 0) is 43.4 Å². The van der Waals surface area contributed by atoms with Crippen molar-refractivity contribution in [3.8, 4) is 0 Å². The molecule has 0 aliphatic heterocycles. The Kier molecular flexibility index (Phi) is 7.05. The van der Waals surface area contributed by atoms with Crippen LogP contribution in [-0.2, 0) is 17.9 Å². The summed E-state index contributed by atoms with van der Waals surface area (Å²) in [6, 6.07) is 2.29. The number of hydrogen-bond acceptors (Lipinski definition) is 3. The van der Waals surface area contributed by atoms with Gasteiger partial charge in [0.1, 0.15) is 0 Å². The zero-order valence-electron chi connectivity index (χ0n) is 13.1. The maximum absolute atomic E-state index is 5.80. The normalized spacial score (nSPS) is 12.1. The summed E-state index contributed by atoms with van der Waals surface area (Å²) in [5, 5.41) is 3.45. The Morgan fingerprint density at radius 1 is 1.32 bits per heavy atom. The molecule has 0 aliphatic rings. The van der Waals surface area contributed by atoms with Crippen molar-refractivity contribution in [1.29, 1.82) is 0 Å². The summed E-state index contributed by atoms with van der Waals surface area (Å²) < 4.78 is 5.80. The molecule has 2 nitrogen and oxygen atoms in total. The molecule has 0 spiro atoms. The first-order valence-electron chi connectivity index (χ1n) is 7.29. The highest BCUT2D eigenvalue weighted by Gasteiger charge is 2.10. The van der Waals surface area contributed by atoms with Gasteiger partial charge in [0.05, 0.1) is 6.61 Å². The van der Waals surface area contributed by atoms with Crippen LogP contribution in [0.1, 0.15) is 55.9 Å². The molecule has 0 unspecified atom stereocenters. The lowest BCUT2D eigenvalue weighted by atomic mass is 9.93. The van der Waals surface area contributed by atoms with Gasteiger partial charge in [-0.2, -0.15) is 0 Å². The molecule has 0 amide bonds. The lowest BCUT2D eigenvalue weighted by Gasteiger charge is -2.17. The molecule has 0 bridgehead atoms. The highest BCUT2D eigenvalue weighted by atomic mass is 32.1. The van der Waals surface area contributed by atoms with E-state index in [0.29, 0.717) is 5.41 Å². The van der Waals surface area contributed by atoms with Crippen LogP contribution in [0.2, 0.25) is 0 Å². The fraction of sp³-hybridized carbons (Fsp3) is 0.750. The van der Waals surface area contributed by atoms with Crippen LogP contribution in [0.15, 0.2) is 6.07 Å². The Morgan fingerprint density at radius 2 is 2.05 bits per heavy atom. The van der Waals surface area contributed by atoms with Crippen LogP contribution < -0.4 is 5.32 Å². The summed E-state index contributed by atoms with van der Waals surface area (Å²) in [6.07, 6.45) is 2.30. The van der Waals surface area contributed by atoms with Gasteiger partial charge in [0.2, 0.25) is 0 Å². The van der Waals surface area contributed by atoms with E-state index in [0.717, 1.165) is 32.7 Å². The number of ether oxygens (including phenoxy) is 1. The van der Waals surface area contributed by atoms with Gasteiger partial charge in [-0.25, -0.2) is 0 Å². The minimum absolute atomic E-state index is 0.360. The maximum atomic E-state index is 5.80. The van der Waals surface area contributed by atoms with Gasteiger partial charge in [-0.1, -0.05) is 27.7 Å². The largest absolute Gasteiger partial charge is 0.377 e. The van der Waals surface area contributed by atoms with E-state index in [1.807, 2.05) is 11.3 Å². The molecule has 3 heteroatoms. The first-order chi connectivity index (χ1) is 8.92. The number of hydrogen-bond donors (Lipinski definition) is 1. The molecule has 0 atom stereocenters.